The molecule has 1 aromatic carbocycles. The molecule has 0 radical (unpaired) electrons. The number of rotatable bonds is 5. The minimum atomic E-state index is -4.44. The summed E-state index contributed by atoms with van der Waals surface area (Å²) >= 11 is 0. The van der Waals surface area contributed by atoms with E-state index >= 15 is 0 Å². The molecule has 0 atom stereocenters. The van der Waals surface area contributed by atoms with Crippen molar-refractivity contribution in [3.63, 3.8) is 0 Å². The first-order valence-corrected chi connectivity index (χ1v) is 6.73. The molecule has 0 bridgehead atoms. The van der Waals surface area contributed by atoms with Crippen LogP contribution in [0, 0.1) is 0 Å². The number of urea groups is 1. The average molecular weight is 303 g/mol. The molecule has 21 heavy (non-hydrogen) atoms. The molecule has 4 N–H and O–H groups in total. The van der Waals surface area contributed by atoms with E-state index in [1.807, 2.05) is 13.8 Å². The first-order valence-electron chi connectivity index (χ1n) is 6.73. The van der Waals surface area contributed by atoms with Crippen molar-refractivity contribution < 1.29 is 18.0 Å². The van der Waals surface area contributed by atoms with Crippen molar-refractivity contribution in [2.45, 2.75) is 38.4 Å². The van der Waals surface area contributed by atoms with Gasteiger partial charge in [-0.15, -0.1) is 0 Å². The molecule has 1 rings (SSSR count). The molecule has 1 aromatic rings. The summed E-state index contributed by atoms with van der Waals surface area (Å²) in [5.41, 5.74) is 4.39. The van der Waals surface area contributed by atoms with E-state index in [0.29, 0.717) is 12.8 Å². The van der Waals surface area contributed by atoms with Crippen LogP contribution in [0.2, 0.25) is 0 Å². The molecule has 0 heterocycles. The molecule has 0 aliphatic rings. The molecule has 0 saturated carbocycles. The summed E-state index contributed by atoms with van der Waals surface area (Å²) in [5, 5.41) is 5.14. The van der Waals surface area contributed by atoms with Crippen molar-refractivity contribution in [2.75, 3.05) is 11.9 Å². The van der Waals surface area contributed by atoms with Crippen molar-refractivity contribution in [1.29, 1.82) is 0 Å². The van der Waals surface area contributed by atoms with Crippen molar-refractivity contribution in [1.82, 2.24) is 5.32 Å². The van der Waals surface area contributed by atoms with Crippen LogP contribution in [-0.2, 0) is 6.18 Å². The van der Waals surface area contributed by atoms with E-state index in [1.165, 1.54) is 12.1 Å². The number of nitrogens with one attached hydrogen (secondary N) is 2. The van der Waals surface area contributed by atoms with Gasteiger partial charge in [-0.05, 0) is 31.0 Å². The predicted molar refractivity (Wildman–Crippen MR) is 76.0 cm³/mol. The van der Waals surface area contributed by atoms with Gasteiger partial charge in [0.15, 0.2) is 0 Å². The number of carbonyl (C=O) groups is 1. The summed E-state index contributed by atoms with van der Waals surface area (Å²) in [6.07, 6.45) is -3.17. The van der Waals surface area contributed by atoms with E-state index in [1.54, 1.807) is 0 Å². The van der Waals surface area contributed by atoms with Crippen LogP contribution in [0.1, 0.15) is 32.3 Å². The maximum Gasteiger partial charge on any atom is 0.416 e. The van der Waals surface area contributed by atoms with Crippen LogP contribution in [0.5, 0.6) is 0 Å². The second-order valence-electron chi connectivity index (χ2n) is 4.85. The van der Waals surface area contributed by atoms with Crippen molar-refractivity contribution in [3.8, 4) is 0 Å². The number of amides is 2. The second-order valence-corrected chi connectivity index (χ2v) is 4.85. The molecule has 2 amide bonds. The SMILES string of the molecule is CCC(CC)(CN)NC(=O)Nc1cccc(C(F)(F)F)c1. The molecule has 0 aliphatic heterocycles. The van der Waals surface area contributed by atoms with Crippen molar-refractivity contribution in [3.05, 3.63) is 29.8 Å². The van der Waals surface area contributed by atoms with E-state index in [0.717, 1.165) is 12.1 Å². The summed E-state index contributed by atoms with van der Waals surface area (Å²) in [7, 11) is 0. The van der Waals surface area contributed by atoms with E-state index in [4.69, 9.17) is 5.73 Å². The number of anilines is 1. The fourth-order valence-electron chi connectivity index (χ4n) is 1.94. The van der Waals surface area contributed by atoms with Gasteiger partial charge in [-0.1, -0.05) is 19.9 Å². The van der Waals surface area contributed by atoms with Gasteiger partial charge >= 0.3 is 12.2 Å². The zero-order valence-corrected chi connectivity index (χ0v) is 12.1. The second kappa shape index (κ2) is 6.80. The Morgan fingerprint density at radius 3 is 2.33 bits per heavy atom. The predicted octanol–water partition coefficient (Wildman–Crippen LogP) is 3.34. The van der Waals surface area contributed by atoms with Gasteiger partial charge in [-0.2, -0.15) is 13.2 Å². The average Bonchev–Trinajstić information content (AvgIpc) is 2.44. The first-order chi connectivity index (χ1) is 9.76. The molecule has 0 aromatic heterocycles. The zero-order valence-electron chi connectivity index (χ0n) is 12.1. The third-order valence-electron chi connectivity index (χ3n) is 3.57. The maximum atomic E-state index is 12.6. The molecule has 0 aliphatic carbocycles. The summed E-state index contributed by atoms with van der Waals surface area (Å²) in [6, 6.07) is 3.92. The molecule has 118 valence electrons. The third-order valence-corrected chi connectivity index (χ3v) is 3.57. The van der Waals surface area contributed by atoms with E-state index in [-0.39, 0.29) is 12.2 Å². The Hall–Kier alpha value is -1.76. The van der Waals surface area contributed by atoms with Gasteiger partial charge in [0.25, 0.3) is 0 Å². The summed E-state index contributed by atoms with van der Waals surface area (Å²) in [5.74, 6) is 0. The van der Waals surface area contributed by atoms with Crippen LogP contribution < -0.4 is 16.4 Å². The van der Waals surface area contributed by atoms with Crippen LogP contribution in [0.15, 0.2) is 24.3 Å². The smallest absolute Gasteiger partial charge is 0.331 e. The molecule has 0 saturated heterocycles. The maximum absolute atomic E-state index is 12.6. The summed E-state index contributed by atoms with van der Waals surface area (Å²) < 4.78 is 37.8. The monoisotopic (exact) mass is 303 g/mol. The van der Waals surface area contributed by atoms with Gasteiger partial charge in [0.2, 0.25) is 0 Å². The molecule has 0 unspecified atom stereocenters. The molecule has 4 nitrogen and oxygen atoms in total. The lowest BCUT2D eigenvalue weighted by Gasteiger charge is -2.31. The van der Waals surface area contributed by atoms with Gasteiger partial charge in [0, 0.05) is 12.2 Å². The van der Waals surface area contributed by atoms with Crippen LogP contribution >= 0.6 is 0 Å². The highest BCUT2D eigenvalue weighted by Crippen LogP contribution is 2.30. The number of alkyl halides is 3. The lowest BCUT2D eigenvalue weighted by atomic mass is 9.93. The van der Waals surface area contributed by atoms with Gasteiger partial charge < -0.3 is 16.4 Å². The largest absolute Gasteiger partial charge is 0.416 e. The van der Waals surface area contributed by atoms with Gasteiger partial charge in [0.05, 0.1) is 11.1 Å². The van der Waals surface area contributed by atoms with Crippen LogP contribution in [0.25, 0.3) is 0 Å². The van der Waals surface area contributed by atoms with E-state index in [9.17, 15) is 18.0 Å². The highest BCUT2D eigenvalue weighted by molar-refractivity contribution is 5.89. The Morgan fingerprint density at radius 2 is 1.86 bits per heavy atom. The number of nitrogens with two attached hydrogens (primary N) is 1. The molecule has 7 heteroatoms. The van der Waals surface area contributed by atoms with E-state index < -0.39 is 23.3 Å². The highest BCUT2D eigenvalue weighted by atomic mass is 19.4. The topological polar surface area (TPSA) is 67.1 Å². The summed E-state index contributed by atoms with van der Waals surface area (Å²) in [4.78, 5) is 11.9. The van der Waals surface area contributed by atoms with Crippen LogP contribution in [0.3, 0.4) is 0 Å². The Balaban J connectivity index is 2.80. The third kappa shape index (κ3) is 4.63. The standard InChI is InChI=1S/C14H20F3N3O/c1-3-13(4-2,9-18)20-12(21)19-11-7-5-6-10(8-11)14(15,16)17/h5-8H,3-4,9,18H2,1-2H3,(H2,19,20,21). The molecule has 0 spiro atoms. The number of benzene rings is 1. The number of hydrogen-bond acceptors (Lipinski definition) is 2. The number of hydrogen-bond donors (Lipinski definition) is 3. The van der Waals surface area contributed by atoms with Crippen molar-refractivity contribution in [2.24, 2.45) is 5.73 Å². The normalized spacial score (nSPS) is 12.1. The number of halogens is 3. The van der Waals surface area contributed by atoms with Crippen LogP contribution in [0.4, 0.5) is 23.7 Å². The quantitative estimate of drug-likeness (QED) is 0.781. The Kier molecular flexibility index (Phi) is 5.60. The van der Waals surface area contributed by atoms with Gasteiger partial charge in [0.1, 0.15) is 0 Å². The fourth-order valence-corrected chi connectivity index (χ4v) is 1.94. The molecular formula is C14H20F3N3O. The minimum Gasteiger partial charge on any atom is -0.331 e. The van der Waals surface area contributed by atoms with Gasteiger partial charge in [-0.3, -0.25) is 0 Å². The summed E-state index contributed by atoms with van der Waals surface area (Å²) in [6.45, 7) is 4.04. The lowest BCUT2D eigenvalue weighted by molar-refractivity contribution is -0.137. The molecule has 0 fully saturated rings. The van der Waals surface area contributed by atoms with Gasteiger partial charge in [-0.25, -0.2) is 4.79 Å². The minimum absolute atomic E-state index is 0.0838. The van der Waals surface area contributed by atoms with Crippen LogP contribution in [-0.4, -0.2) is 18.1 Å². The first kappa shape index (κ1) is 17.3. The molecular weight excluding hydrogens is 283 g/mol. The Morgan fingerprint density at radius 1 is 1.24 bits per heavy atom. The number of carbonyl (C=O) groups excluding carboxylic acids is 1. The highest BCUT2D eigenvalue weighted by Gasteiger charge is 2.31. The Bertz CT molecular complexity index is 476. The lowest BCUT2D eigenvalue weighted by Crippen LogP contribution is -2.54. The fraction of sp³-hybridized carbons (Fsp3) is 0.500. The van der Waals surface area contributed by atoms with E-state index in [2.05, 4.69) is 10.6 Å². The van der Waals surface area contributed by atoms with Crippen molar-refractivity contribution >= 4 is 11.7 Å². The Labute approximate surface area is 121 Å². The zero-order chi connectivity index (χ0) is 16.1.